The van der Waals surface area contributed by atoms with Crippen LogP contribution in [0.5, 0.6) is 0 Å². The van der Waals surface area contributed by atoms with E-state index in [4.69, 9.17) is 5.73 Å². The molecule has 1 atom stereocenters. The van der Waals surface area contributed by atoms with Crippen LogP contribution < -0.4 is 11.1 Å². The van der Waals surface area contributed by atoms with E-state index in [1.165, 1.54) is 24.9 Å². The summed E-state index contributed by atoms with van der Waals surface area (Å²) in [5.41, 5.74) is 7.91. The minimum Gasteiger partial charge on any atom is -0.399 e. The number of nitrogen functional groups attached to an aromatic ring is 1. The topological polar surface area (TPSA) is 38.0 Å². The number of nitrogens with one attached hydrogen (secondary N) is 1. The van der Waals surface area contributed by atoms with Gasteiger partial charge in [-0.3, -0.25) is 0 Å². The van der Waals surface area contributed by atoms with Crippen molar-refractivity contribution < 1.29 is 0 Å². The van der Waals surface area contributed by atoms with Gasteiger partial charge in [-0.1, -0.05) is 12.1 Å². The van der Waals surface area contributed by atoms with E-state index in [-0.39, 0.29) is 0 Å². The van der Waals surface area contributed by atoms with Crippen LogP contribution in [-0.2, 0) is 0 Å². The second kappa shape index (κ2) is 3.79. The minimum absolute atomic E-state index is 0.689. The van der Waals surface area contributed by atoms with Crippen LogP contribution in [0.4, 0.5) is 5.69 Å². The van der Waals surface area contributed by atoms with Crippen molar-refractivity contribution in [2.45, 2.75) is 18.8 Å². The summed E-state index contributed by atoms with van der Waals surface area (Å²) in [7, 11) is 0. The molecular formula is C11H16N2. The molecule has 1 aromatic carbocycles. The molecule has 3 N–H and O–H groups in total. The lowest BCUT2D eigenvalue weighted by atomic mass is 9.92. The second-order valence-electron chi connectivity index (χ2n) is 3.71. The first-order valence-electron chi connectivity index (χ1n) is 4.92. The van der Waals surface area contributed by atoms with Crippen LogP contribution in [0.3, 0.4) is 0 Å². The maximum atomic E-state index is 5.64. The van der Waals surface area contributed by atoms with E-state index in [9.17, 15) is 0 Å². The zero-order valence-corrected chi connectivity index (χ0v) is 7.79. The van der Waals surface area contributed by atoms with Gasteiger partial charge in [0.05, 0.1) is 0 Å². The van der Waals surface area contributed by atoms with Crippen LogP contribution in [0.15, 0.2) is 24.3 Å². The number of piperidine rings is 1. The van der Waals surface area contributed by atoms with E-state index in [2.05, 4.69) is 17.4 Å². The highest BCUT2D eigenvalue weighted by Gasteiger charge is 2.14. The van der Waals surface area contributed by atoms with Gasteiger partial charge in [0, 0.05) is 12.2 Å². The molecule has 13 heavy (non-hydrogen) atoms. The highest BCUT2D eigenvalue weighted by Crippen LogP contribution is 2.23. The van der Waals surface area contributed by atoms with Crippen molar-refractivity contribution in [3.8, 4) is 0 Å². The van der Waals surface area contributed by atoms with Crippen molar-refractivity contribution >= 4 is 5.69 Å². The summed E-state index contributed by atoms with van der Waals surface area (Å²) in [6.45, 7) is 2.29. The Kier molecular flexibility index (Phi) is 2.50. The molecule has 0 bridgehead atoms. The molecule has 0 saturated carbocycles. The summed E-state index contributed by atoms with van der Waals surface area (Å²) in [4.78, 5) is 0. The fourth-order valence-electron chi connectivity index (χ4n) is 1.90. The number of nitrogens with two attached hydrogens (primary N) is 1. The van der Waals surface area contributed by atoms with E-state index < -0.39 is 0 Å². The predicted octanol–water partition coefficient (Wildman–Crippen LogP) is 1.74. The Labute approximate surface area is 79.1 Å². The zero-order valence-electron chi connectivity index (χ0n) is 7.79. The molecule has 2 nitrogen and oxygen atoms in total. The molecule has 0 amide bonds. The van der Waals surface area contributed by atoms with Gasteiger partial charge in [0.2, 0.25) is 0 Å². The monoisotopic (exact) mass is 176 g/mol. The average Bonchev–Trinajstić information content (AvgIpc) is 2.20. The SMILES string of the molecule is Nc1ccc(C2CCCNC2)cc1. The summed E-state index contributed by atoms with van der Waals surface area (Å²) >= 11 is 0. The van der Waals surface area contributed by atoms with Crippen molar-refractivity contribution in [3.63, 3.8) is 0 Å². The van der Waals surface area contributed by atoms with Crippen LogP contribution in [0.25, 0.3) is 0 Å². The number of anilines is 1. The number of rotatable bonds is 1. The molecule has 0 aromatic heterocycles. The van der Waals surface area contributed by atoms with Gasteiger partial charge in [-0.15, -0.1) is 0 Å². The Hall–Kier alpha value is -1.02. The highest BCUT2D eigenvalue weighted by molar-refractivity contribution is 5.40. The van der Waals surface area contributed by atoms with Crippen LogP contribution in [0.2, 0.25) is 0 Å². The third kappa shape index (κ3) is 2.01. The summed E-state index contributed by atoms with van der Waals surface area (Å²) in [6.07, 6.45) is 2.59. The molecular weight excluding hydrogens is 160 g/mol. The lowest BCUT2D eigenvalue weighted by Crippen LogP contribution is -2.28. The fraction of sp³-hybridized carbons (Fsp3) is 0.455. The van der Waals surface area contributed by atoms with Crippen molar-refractivity contribution in [2.75, 3.05) is 18.8 Å². The molecule has 0 spiro atoms. The fourth-order valence-corrected chi connectivity index (χ4v) is 1.90. The van der Waals surface area contributed by atoms with Crippen molar-refractivity contribution in [2.24, 2.45) is 0 Å². The van der Waals surface area contributed by atoms with E-state index >= 15 is 0 Å². The number of benzene rings is 1. The van der Waals surface area contributed by atoms with Gasteiger partial charge >= 0.3 is 0 Å². The molecule has 70 valence electrons. The van der Waals surface area contributed by atoms with Crippen LogP contribution in [-0.4, -0.2) is 13.1 Å². The Morgan fingerprint density at radius 1 is 1.23 bits per heavy atom. The van der Waals surface area contributed by atoms with Crippen LogP contribution in [0, 0.1) is 0 Å². The quantitative estimate of drug-likeness (QED) is 0.640. The van der Waals surface area contributed by atoms with E-state index in [0.717, 1.165) is 12.2 Å². The molecule has 1 aliphatic rings. The molecule has 0 radical (unpaired) electrons. The van der Waals surface area contributed by atoms with E-state index in [0.29, 0.717) is 5.92 Å². The lowest BCUT2D eigenvalue weighted by molar-refractivity contribution is 0.461. The van der Waals surface area contributed by atoms with Gasteiger partial charge in [-0.05, 0) is 43.0 Å². The second-order valence-corrected chi connectivity index (χ2v) is 3.71. The van der Waals surface area contributed by atoms with Gasteiger partial charge < -0.3 is 11.1 Å². The smallest absolute Gasteiger partial charge is 0.0314 e. The molecule has 1 unspecified atom stereocenters. The minimum atomic E-state index is 0.689. The van der Waals surface area contributed by atoms with Gasteiger partial charge in [0.15, 0.2) is 0 Å². The number of hydrogen-bond acceptors (Lipinski definition) is 2. The first-order chi connectivity index (χ1) is 6.36. The van der Waals surface area contributed by atoms with Gasteiger partial charge in [0.25, 0.3) is 0 Å². The molecule has 1 heterocycles. The van der Waals surface area contributed by atoms with Crippen LogP contribution >= 0.6 is 0 Å². The van der Waals surface area contributed by atoms with Gasteiger partial charge in [-0.2, -0.15) is 0 Å². The molecule has 1 saturated heterocycles. The molecule has 1 aromatic rings. The third-order valence-corrected chi connectivity index (χ3v) is 2.70. The van der Waals surface area contributed by atoms with Crippen LogP contribution in [0.1, 0.15) is 24.3 Å². The van der Waals surface area contributed by atoms with E-state index in [1.54, 1.807) is 0 Å². The molecule has 1 aliphatic heterocycles. The van der Waals surface area contributed by atoms with Crippen molar-refractivity contribution in [1.29, 1.82) is 0 Å². The Morgan fingerprint density at radius 2 is 2.00 bits per heavy atom. The zero-order chi connectivity index (χ0) is 9.10. The third-order valence-electron chi connectivity index (χ3n) is 2.70. The summed E-state index contributed by atoms with van der Waals surface area (Å²) in [5, 5.41) is 3.42. The normalized spacial score (nSPS) is 22.9. The summed E-state index contributed by atoms with van der Waals surface area (Å²) in [6, 6.07) is 8.27. The Morgan fingerprint density at radius 3 is 2.62 bits per heavy atom. The van der Waals surface area contributed by atoms with E-state index in [1.807, 2.05) is 12.1 Å². The maximum Gasteiger partial charge on any atom is 0.0314 e. The largest absolute Gasteiger partial charge is 0.399 e. The summed E-state index contributed by atoms with van der Waals surface area (Å²) < 4.78 is 0. The highest BCUT2D eigenvalue weighted by atomic mass is 14.9. The summed E-state index contributed by atoms with van der Waals surface area (Å²) in [5.74, 6) is 0.689. The van der Waals surface area contributed by atoms with Gasteiger partial charge in [0.1, 0.15) is 0 Å². The first-order valence-corrected chi connectivity index (χ1v) is 4.92. The first kappa shape index (κ1) is 8.57. The standard InChI is InChI=1S/C11H16N2/c12-11-5-3-9(4-6-11)10-2-1-7-13-8-10/h3-6,10,13H,1-2,7-8,12H2. The molecule has 1 fully saturated rings. The molecule has 2 rings (SSSR count). The average molecular weight is 176 g/mol. The van der Waals surface area contributed by atoms with Gasteiger partial charge in [-0.25, -0.2) is 0 Å². The van der Waals surface area contributed by atoms with Crippen molar-refractivity contribution in [1.82, 2.24) is 5.32 Å². The van der Waals surface area contributed by atoms with Crippen molar-refractivity contribution in [3.05, 3.63) is 29.8 Å². The maximum absolute atomic E-state index is 5.64. The predicted molar refractivity (Wildman–Crippen MR) is 55.7 cm³/mol. The number of hydrogen-bond donors (Lipinski definition) is 2. The molecule has 0 aliphatic carbocycles. The molecule has 2 heteroatoms. The Bertz CT molecular complexity index is 260. The lowest BCUT2D eigenvalue weighted by Gasteiger charge is -2.23. The Balaban J connectivity index is 2.10.